The van der Waals surface area contributed by atoms with Gasteiger partial charge < -0.3 is 14.0 Å². The van der Waals surface area contributed by atoms with Crippen molar-refractivity contribution in [3.8, 4) is 34.5 Å². The first kappa shape index (κ1) is 14.5. The monoisotopic (exact) mass is 340 g/mol. The highest BCUT2D eigenvalue weighted by Crippen LogP contribution is 2.36. The molecule has 4 aromatic rings. The van der Waals surface area contributed by atoms with Crippen LogP contribution in [-0.2, 0) is 0 Å². The molecule has 0 radical (unpaired) electrons. The molecule has 1 aliphatic rings. The maximum atomic E-state index is 9.54. The summed E-state index contributed by atoms with van der Waals surface area (Å²) in [6.45, 7) is 0.215. The number of aromatic nitrogens is 3. The third-order valence-corrected chi connectivity index (χ3v) is 4.38. The number of nitrogens with zero attached hydrogens (tertiary/aromatic N) is 4. The lowest BCUT2D eigenvalue weighted by Gasteiger charge is -2.09. The fourth-order valence-electron chi connectivity index (χ4n) is 3.19. The van der Waals surface area contributed by atoms with Crippen LogP contribution in [0.5, 0.6) is 11.5 Å². The van der Waals surface area contributed by atoms with Crippen LogP contribution >= 0.6 is 0 Å². The van der Waals surface area contributed by atoms with Gasteiger partial charge in [-0.2, -0.15) is 5.26 Å². The van der Waals surface area contributed by atoms with Gasteiger partial charge in [0.25, 0.3) is 0 Å². The second-order valence-electron chi connectivity index (χ2n) is 5.85. The maximum Gasteiger partial charge on any atom is 0.231 e. The molecule has 0 aliphatic carbocycles. The SMILES string of the molecule is N#Cc1cn(-c2ccc3c(c2)OCO3)c2c(-c3ccccc3)ncnc12. The van der Waals surface area contributed by atoms with Crippen molar-refractivity contribution in [2.75, 3.05) is 6.79 Å². The Bertz CT molecular complexity index is 1180. The van der Waals surface area contributed by atoms with Crippen molar-refractivity contribution in [3.05, 3.63) is 66.6 Å². The van der Waals surface area contributed by atoms with Crippen LogP contribution in [0.15, 0.2) is 61.1 Å². The minimum atomic E-state index is 0.215. The summed E-state index contributed by atoms with van der Waals surface area (Å²) in [5.41, 5.74) is 4.50. The molecule has 2 aromatic carbocycles. The lowest BCUT2D eigenvalue weighted by Crippen LogP contribution is -1.96. The van der Waals surface area contributed by atoms with E-state index in [1.807, 2.05) is 53.1 Å². The van der Waals surface area contributed by atoms with Crippen LogP contribution < -0.4 is 9.47 Å². The Morgan fingerprint density at radius 3 is 2.69 bits per heavy atom. The zero-order valence-electron chi connectivity index (χ0n) is 13.6. The Balaban J connectivity index is 1.82. The number of hydrogen-bond donors (Lipinski definition) is 0. The molecule has 0 amide bonds. The van der Waals surface area contributed by atoms with E-state index in [0.717, 1.165) is 22.5 Å². The number of benzene rings is 2. The van der Waals surface area contributed by atoms with Gasteiger partial charge in [-0.15, -0.1) is 0 Å². The molecule has 124 valence electrons. The zero-order chi connectivity index (χ0) is 17.5. The lowest BCUT2D eigenvalue weighted by molar-refractivity contribution is 0.174. The van der Waals surface area contributed by atoms with Gasteiger partial charge in [-0.05, 0) is 12.1 Å². The summed E-state index contributed by atoms with van der Waals surface area (Å²) in [4.78, 5) is 8.83. The summed E-state index contributed by atoms with van der Waals surface area (Å²) >= 11 is 0. The van der Waals surface area contributed by atoms with Crippen molar-refractivity contribution in [2.45, 2.75) is 0 Å². The normalized spacial score (nSPS) is 12.3. The highest BCUT2D eigenvalue weighted by molar-refractivity contribution is 5.94. The molecule has 6 heteroatoms. The molecule has 0 saturated carbocycles. The molecule has 26 heavy (non-hydrogen) atoms. The van der Waals surface area contributed by atoms with Crippen LogP contribution in [-0.4, -0.2) is 21.3 Å². The van der Waals surface area contributed by atoms with Crippen molar-refractivity contribution in [2.24, 2.45) is 0 Å². The average Bonchev–Trinajstić information content (AvgIpc) is 3.32. The molecule has 1 aliphatic heterocycles. The fourth-order valence-corrected chi connectivity index (χ4v) is 3.19. The molecule has 0 spiro atoms. The standard InChI is InChI=1S/C20H12N4O2/c21-9-14-10-24(15-6-7-16-17(8-15)26-12-25-16)20-18(22-11-23-19(14)20)13-4-2-1-3-5-13/h1-8,10-11H,12H2. The minimum absolute atomic E-state index is 0.215. The molecule has 3 heterocycles. The Hall–Kier alpha value is -3.85. The fraction of sp³-hybridized carbons (Fsp3) is 0.0500. The highest BCUT2D eigenvalue weighted by Gasteiger charge is 2.19. The van der Waals surface area contributed by atoms with E-state index in [2.05, 4.69) is 16.0 Å². The summed E-state index contributed by atoms with van der Waals surface area (Å²) in [5.74, 6) is 1.39. The smallest absolute Gasteiger partial charge is 0.231 e. The van der Waals surface area contributed by atoms with E-state index in [1.54, 1.807) is 6.20 Å². The number of nitriles is 1. The van der Waals surface area contributed by atoms with Gasteiger partial charge in [0.15, 0.2) is 11.5 Å². The van der Waals surface area contributed by atoms with E-state index >= 15 is 0 Å². The van der Waals surface area contributed by atoms with Crippen molar-refractivity contribution in [1.82, 2.24) is 14.5 Å². The zero-order valence-corrected chi connectivity index (χ0v) is 13.6. The molecule has 0 atom stereocenters. The second-order valence-corrected chi connectivity index (χ2v) is 5.85. The summed E-state index contributed by atoms with van der Waals surface area (Å²) in [7, 11) is 0. The average molecular weight is 340 g/mol. The van der Waals surface area contributed by atoms with Gasteiger partial charge in [0.05, 0.1) is 16.8 Å². The number of ether oxygens (including phenoxy) is 2. The first-order valence-electron chi connectivity index (χ1n) is 8.07. The van der Waals surface area contributed by atoms with Crippen LogP contribution in [0.25, 0.3) is 28.0 Å². The van der Waals surface area contributed by atoms with Gasteiger partial charge in [0.2, 0.25) is 6.79 Å². The first-order valence-corrected chi connectivity index (χ1v) is 8.07. The van der Waals surface area contributed by atoms with Crippen LogP contribution in [0.4, 0.5) is 0 Å². The van der Waals surface area contributed by atoms with Crippen LogP contribution in [0.1, 0.15) is 5.56 Å². The van der Waals surface area contributed by atoms with E-state index in [9.17, 15) is 5.26 Å². The molecule has 2 aromatic heterocycles. The molecular formula is C20H12N4O2. The van der Waals surface area contributed by atoms with E-state index in [1.165, 1.54) is 6.33 Å². The predicted molar refractivity (Wildman–Crippen MR) is 95.1 cm³/mol. The van der Waals surface area contributed by atoms with E-state index in [-0.39, 0.29) is 6.79 Å². The molecular weight excluding hydrogens is 328 g/mol. The van der Waals surface area contributed by atoms with Gasteiger partial charge in [0.1, 0.15) is 17.9 Å². The third-order valence-electron chi connectivity index (χ3n) is 4.38. The van der Waals surface area contributed by atoms with E-state index < -0.39 is 0 Å². The third kappa shape index (κ3) is 2.11. The molecule has 0 N–H and O–H groups in total. The predicted octanol–water partition coefficient (Wildman–Crippen LogP) is 3.69. The van der Waals surface area contributed by atoms with Gasteiger partial charge in [-0.25, -0.2) is 9.97 Å². The number of hydrogen-bond acceptors (Lipinski definition) is 5. The van der Waals surface area contributed by atoms with Crippen LogP contribution in [0.3, 0.4) is 0 Å². The first-order chi connectivity index (χ1) is 12.8. The van der Waals surface area contributed by atoms with E-state index in [4.69, 9.17) is 9.47 Å². The van der Waals surface area contributed by atoms with Crippen molar-refractivity contribution in [3.63, 3.8) is 0 Å². The topological polar surface area (TPSA) is 73.0 Å². The number of rotatable bonds is 2. The van der Waals surface area contributed by atoms with Crippen molar-refractivity contribution >= 4 is 11.0 Å². The van der Waals surface area contributed by atoms with Crippen molar-refractivity contribution < 1.29 is 9.47 Å². The quantitative estimate of drug-likeness (QED) is 0.556. The van der Waals surface area contributed by atoms with Crippen LogP contribution in [0.2, 0.25) is 0 Å². The lowest BCUT2D eigenvalue weighted by atomic mass is 10.1. The highest BCUT2D eigenvalue weighted by atomic mass is 16.7. The molecule has 5 rings (SSSR count). The van der Waals surface area contributed by atoms with E-state index in [0.29, 0.717) is 22.6 Å². The van der Waals surface area contributed by atoms with Gasteiger partial charge >= 0.3 is 0 Å². The molecule has 0 fully saturated rings. The Labute approximate surface area is 148 Å². The molecule has 0 saturated heterocycles. The van der Waals surface area contributed by atoms with Crippen molar-refractivity contribution in [1.29, 1.82) is 5.26 Å². The largest absolute Gasteiger partial charge is 0.454 e. The van der Waals surface area contributed by atoms with Gasteiger partial charge in [-0.1, -0.05) is 30.3 Å². The van der Waals surface area contributed by atoms with Crippen LogP contribution in [0, 0.1) is 11.3 Å². The Morgan fingerprint density at radius 2 is 1.85 bits per heavy atom. The molecule has 0 bridgehead atoms. The number of fused-ring (bicyclic) bond motifs is 2. The Morgan fingerprint density at radius 1 is 1.00 bits per heavy atom. The van der Waals surface area contributed by atoms with Gasteiger partial charge in [0, 0.05) is 23.5 Å². The second kappa shape index (κ2) is 5.60. The summed E-state index contributed by atoms with van der Waals surface area (Å²) in [5, 5.41) is 9.54. The van der Waals surface area contributed by atoms with Gasteiger partial charge in [-0.3, -0.25) is 0 Å². The summed E-state index contributed by atoms with van der Waals surface area (Å²) in [6.07, 6.45) is 3.28. The molecule has 6 nitrogen and oxygen atoms in total. The molecule has 0 unspecified atom stereocenters. The summed E-state index contributed by atoms with van der Waals surface area (Å²) in [6, 6.07) is 17.8. The minimum Gasteiger partial charge on any atom is -0.454 e. The summed E-state index contributed by atoms with van der Waals surface area (Å²) < 4.78 is 12.8. The Kier molecular flexibility index (Phi) is 3.12. The maximum absolute atomic E-state index is 9.54.